The molecule has 0 bridgehead atoms. The van der Waals surface area contributed by atoms with Gasteiger partial charge in [-0.15, -0.1) is 0 Å². The molecule has 2 unspecified atom stereocenters. The molecule has 0 saturated carbocycles. The normalized spacial score (nSPS) is 26.6. The zero-order valence-electron chi connectivity index (χ0n) is 19.8. The summed E-state index contributed by atoms with van der Waals surface area (Å²) in [4.78, 5) is 23.8. The molecule has 3 N–H and O–H groups in total. The van der Waals surface area contributed by atoms with E-state index in [4.69, 9.17) is 35.3 Å². The van der Waals surface area contributed by atoms with Gasteiger partial charge in [-0.1, -0.05) is 11.6 Å². The summed E-state index contributed by atoms with van der Waals surface area (Å²) >= 11 is 6.27. The van der Waals surface area contributed by atoms with E-state index in [0.29, 0.717) is 25.2 Å². The monoisotopic (exact) mass is 552 g/mol. The largest absolute Gasteiger partial charge is 0.471 e. The van der Waals surface area contributed by atoms with Gasteiger partial charge in [-0.25, -0.2) is 8.78 Å². The van der Waals surface area contributed by atoms with Crippen molar-refractivity contribution in [2.45, 2.75) is 43.5 Å². The highest BCUT2D eigenvalue weighted by Crippen LogP contribution is 2.31. The van der Waals surface area contributed by atoms with Gasteiger partial charge < -0.3 is 39.1 Å². The van der Waals surface area contributed by atoms with Gasteiger partial charge in [0, 0.05) is 12.2 Å². The molecule has 1 aromatic carbocycles. The van der Waals surface area contributed by atoms with Crippen LogP contribution in [0.3, 0.4) is 0 Å². The number of H-pyrrole nitrogens is 1. The Morgan fingerprint density at radius 3 is 2.71 bits per heavy atom. The Labute approximate surface area is 219 Å². The van der Waals surface area contributed by atoms with Crippen molar-refractivity contribution in [3.63, 3.8) is 0 Å². The van der Waals surface area contributed by atoms with Crippen molar-refractivity contribution < 1.29 is 42.4 Å². The van der Waals surface area contributed by atoms with Gasteiger partial charge in [-0.05, 0) is 24.6 Å². The van der Waals surface area contributed by atoms with E-state index in [1.807, 2.05) is 0 Å². The van der Waals surface area contributed by atoms with Crippen molar-refractivity contribution >= 4 is 28.7 Å². The highest BCUT2D eigenvalue weighted by Gasteiger charge is 2.48. The second-order valence-corrected chi connectivity index (χ2v) is 9.66. The Morgan fingerprint density at radius 2 is 1.95 bits per heavy atom. The minimum atomic E-state index is -0.943. The molecule has 0 spiro atoms. The molecule has 14 heteroatoms. The molecular formula is C24H23ClF2N4O7. The number of aromatic nitrogens is 3. The number of imidazole rings is 1. The molecule has 3 saturated heterocycles. The molecule has 3 aliphatic rings. The third-order valence-electron chi connectivity index (χ3n) is 6.64. The van der Waals surface area contributed by atoms with E-state index < -0.39 is 48.6 Å². The number of aliphatic hydroxyl groups is 1. The van der Waals surface area contributed by atoms with Crippen LogP contribution in [0.15, 0.2) is 18.2 Å². The predicted molar refractivity (Wildman–Crippen MR) is 126 cm³/mol. The van der Waals surface area contributed by atoms with Crippen LogP contribution in [0.25, 0.3) is 11.2 Å². The van der Waals surface area contributed by atoms with Crippen LogP contribution in [0.1, 0.15) is 22.3 Å². The van der Waals surface area contributed by atoms with Crippen LogP contribution < -0.4 is 14.8 Å². The second-order valence-electron chi connectivity index (χ2n) is 9.25. The van der Waals surface area contributed by atoms with E-state index >= 15 is 0 Å². The SMILES string of the molecule is O=C(N[C@H]1CCOC1)c1cc(F)c(COc2nc3nc(O[C@@H]4COC5C4OC[C@H]5O)[nH]c3cc2Cl)c(F)c1. The van der Waals surface area contributed by atoms with Crippen LogP contribution in [0.5, 0.6) is 11.9 Å². The van der Waals surface area contributed by atoms with Crippen molar-refractivity contribution in [1.29, 1.82) is 0 Å². The number of fused-ring (bicyclic) bond motifs is 2. The highest BCUT2D eigenvalue weighted by atomic mass is 35.5. The fourth-order valence-electron chi connectivity index (χ4n) is 4.65. The minimum Gasteiger partial charge on any atom is -0.471 e. The molecule has 38 heavy (non-hydrogen) atoms. The number of rotatable bonds is 7. The summed E-state index contributed by atoms with van der Waals surface area (Å²) in [6, 6.07) is 3.34. The third-order valence-corrected chi connectivity index (χ3v) is 6.91. The molecule has 3 aromatic rings. The Bertz CT molecular complexity index is 1350. The number of pyridine rings is 1. The number of hydrogen-bond donors (Lipinski definition) is 3. The van der Waals surface area contributed by atoms with Crippen LogP contribution in [0, 0.1) is 11.6 Å². The molecule has 5 heterocycles. The zero-order chi connectivity index (χ0) is 26.4. The lowest BCUT2D eigenvalue weighted by molar-refractivity contribution is 0.00706. The summed E-state index contributed by atoms with van der Waals surface area (Å²) in [5, 5.41) is 12.6. The van der Waals surface area contributed by atoms with Gasteiger partial charge in [0.25, 0.3) is 11.9 Å². The summed E-state index contributed by atoms with van der Waals surface area (Å²) in [6.45, 7) is 0.747. The van der Waals surface area contributed by atoms with Crippen LogP contribution in [0.4, 0.5) is 8.78 Å². The van der Waals surface area contributed by atoms with E-state index in [1.54, 1.807) is 0 Å². The second kappa shape index (κ2) is 10.2. The quantitative estimate of drug-likeness (QED) is 0.401. The van der Waals surface area contributed by atoms with Gasteiger partial charge >= 0.3 is 0 Å². The number of benzene rings is 1. The van der Waals surface area contributed by atoms with Gasteiger partial charge in [-0.2, -0.15) is 9.97 Å². The Morgan fingerprint density at radius 1 is 1.16 bits per heavy atom. The van der Waals surface area contributed by atoms with Crippen molar-refractivity contribution in [1.82, 2.24) is 20.3 Å². The number of amides is 1. The summed E-state index contributed by atoms with van der Waals surface area (Å²) in [5.41, 5.74) is 0.116. The first-order chi connectivity index (χ1) is 18.4. The number of nitrogens with zero attached hydrogens (tertiary/aromatic N) is 2. The Kier molecular flexibility index (Phi) is 6.78. The number of aliphatic hydroxyl groups excluding tert-OH is 1. The summed E-state index contributed by atoms with van der Waals surface area (Å²) in [6.07, 6.45) is -1.43. The third kappa shape index (κ3) is 4.87. The van der Waals surface area contributed by atoms with Gasteiger partial charge in [0.2, 0.25) is 5.88 Å². The Balaban J connectivity index is 1.13. The maximum Gasteiger partial charge on any atom is 0.296 e. The maximum absolute atomic E-state index is 14.7. The summed E-state index contributed by atoms with van der Waals surface area (Å²) < 4.78 is 57.0. The molecule has 1 amide bonds. The minimum absolute atomic E-state index is 0.0785. The topological polar surface area (TPSA) is 137 Å². The lowest BCUT2D eigenvalue weighted by Gasteiger charge is -2.15. The summed E-state index contributed by atoms with van der Waals surface area (Å²) in [7, 11) is 0. The van der Waals surface area contributed by atoms with Gasteiger partial charge in [-0.3, -0.25) is 4.79 Å². The molecule has 3 aliphatic heterocycles. The van der Waals surface area contributed by atoms with Gasteiger partial charge in [0.05, 0.1) is 36.9 Å². The summed E-state index contributed by atoms with van der Waals surface area (Å²) in [5.74, 6) is -2.57. The van der Waals surface area contributed by atoms with E-state index in [-0.39, 0.29) is 52.9 Å². The molecule has 11 nitrogen and oxygen atoms in total. The number of halogens is 3. The smallest absolute Gasteiger partial charge is 0.296 e. The standard InChI is InChI=1S/C24H23ClF2N4O7/c25-13-5-16-21(31-24(29-16)38-18-9-36-19-17(32)8-35-20(18)19)30-23(13)37-7-12-14(26)3-10(4-15(12)27)22(33)28-11-1-2-34-6-11/h3-5,11,17-20,32H,1-2,6-9H2,(H,28,33)(H,29,30,31)/t11-,17+,18+,19?,20?/m0/s1. The lowest BCUT2D eigenvalue weighted by Crippen LogP contribution is -2.35. The molecule has 0 radical (unpaired) electrons. The van der Waals surface area contributed by atoms with Gasteiger partial charge in [0.1, 0.15) is 41.6 Å². The average molecular weight is 553 g/mol. The fourth-order valence-corrected chi connectivity index (χ4v) is 4.86. The number of hydrogen-bond acceptors (Lipinski definition) is 9. The molecule has 0 aliphatic carbocycles. The number of nitrogens with one attached hydrogen (secondary N) is 2. The average Bonchev–Trinajstić information content (AvgIpc) is 3.67. The van der Waals surface area contributed by atoms with E-state index in [9.17, 15) is 18.7 Å². The maximum atomic E-state index is 14.7. The van der Waals surface area contributed by atoms with E-state index in [0.717, 1.165) is 12.1 Å². The van der Waals surface area contributed by atoms with Crippen LogP contribution >= 0.6 is 11.6 Å². The first kappa shape index (κ1) is 25.2. The molecule has 6 rings (SSSR count). The highest BCUT2D eigenvalue weighted by molar-refractivity contribution is 6.32. The first-order valence-electron chi connectivity index (χ1n) is 12.0. The fraction of sp³-hybridized carbons (Fsp3) is 0.458. The number of carbonyl (C=O) groups excluding carboxylic acids is 1. The lowest BCUT2D eigenvalue weighted by atomic mass is 10.1. The predicted octanol–water partition coefficient (Wildman–Crippen LogP) is 1.89. The number of ether oxygens (including phenoxy) is 5. The molecule has 5 atom stereocenters. The number of aromatic amines is 1. The van der Waals surface area contributed by atoms with Crippen molar-refractivity contribution in [2.75, 3.05) is 26.4 Å². The van der Waals surface area contributed by atoms with Crippen molar-refractivity contribution in [3.8, 4) is 11.9 Å². The van der Waals surface area contributed by atoms with E-state index in [2.05, 4.69) is 20.3 Å². The van der Waals surface area contributed by atoms with Gasteiger partial charge in [0.15, 0.2) is 11.8 Å². The van der Waals surface area contributed by atoms with E-state index in [1.165, 1.54) is 6.07 Å². The first-order valence-corrected chi connectivity index (χ1v) is 12.4. The van der Waals surface area contributed by atoms with Crippen LogP contribution in [0.2, 0.25) is 5.02 Å². The number of carbonyl (C=O) groups is 1. The van der Waals surface area contributed by atoms with Crippen molar-refractivity contribution in [2.24, 2.45) is 0 Å². The molecule has 3 fully saturated rings. The van der Waals surface area contributed by atoms with Crippen LogP contribution in [-0.4, -0.2) is 82.9 Å². The van der Waals surface area contributed by atoms with Crippen LogP contribution in [-0.2, 0) is 20.8 Å². The van der Waals surface area contributed by atoms with Crippen molar-refractivity contribution in [3.05, 3.63) is 46.0 Å². The Hall–Kier alpha value is -3.10. The molecule has 2 aromatic heterocycles. The molecule has 202 valence electrons. The zero-order valence-corrected chi connectivity index (χ0v) is 20.5. The molecular weight excluding hydrogens is 530 g/mol.